The maximum Gasteiger partial charge on any atom is 0.133 e. The summed E-state index contributed by atoms with van der Waals surface area (Å²) in [6.07, 6.45) is 3.86. The molecular formula is C8H8N2S. The Morgan fingerprint density at radius 2 is 2.45 bits per heavy atom. The van der Waals surface area contributed by atoms with Crippen LogP contribution in [0.3, 0.4) is 0 Å². The van der Waals surface area contributed by atoms with Gasteiger partial charge in [-0.3, -0.25) is 0 Å². The first-order valence-electron chi connectivity index (χ1n) is 3.43. The van der Waals surface area contributed by atoms with Gasteiger partial charge in [-0.2, -0.15) is 0 Å². The van der Waals surface area contributed by atoms with Gasteiger partial charge in [0.2, 0.25) is 0 Å². The molecule has 0 saturated heterocycles. The Labute approximate surface area is 69.9 Å². The Morgan fingerprint density at radius 1 is 1.45 bits per heavy atom. The molecule has 1 aliphatic heterocycles. The van der Waals surface area contributed by atoms with E-state index in [0.29, 0.717) is 0 Å². The molecule has 0 fully saturated rings. The van der Waals surface area contributed by atoms with E-state index in [9.17, 15) is 0 Å². The lowest BCUT2D eigenvalue weighted by molar-refractivity contribution is 1.11. The molecule has 0 amide bonds. The maximum atomic E-state index is 4.22. The van der Waals surface area contributed by atoms with E-state index in [1.54, 1.807) is 11.8 Å². The SMILES string of the molecule is C1=CN(c2ccccn2)CS1. The van der Waals surface area contributed by atoms with Crippen molar-refractivity contribution in [2.24, 2.45) is 0 Å². The molecule has 1 aromatic heterocycles. The highest BCUT2D eigenvalue weighted by molar-refractivity contribution is 8.02. The highest BCUT2D eigenvalue weighted by Crippen LogP contribution is 2.20. The average molecular weight is 164 g/mol. The smallest absolute Gasteiger partial charge is 0.133 e. The topological polar surface area (TPSA) is 16.1 Å². The van der Waals surface area contributed by atoms with Crippen LogP contribution in [0.1, 0.15) is 0 Å². The van der Waals surface area contributed by atoms with Crippen LogP contribution in [0, 0.1) is 0 Å². The van der Waals surface area contributed by atoms with Crippen molar-refractivity contribution < 1.29 is 0 Å². The van der Waals surface area contributed by atoms with Gasteiger partial charge >= 0.3 is 0 Å². The van der Waals surface area contributed by atoms with Crippen LogP contribution in [0.4, 0.5) is 5.82 Å². The molecule has 2 heterocycles. The monoisotopic (exact) mass is 164 g/mol. The molecule has 0 bridgehead atoms. The van der Waals surface area contributed by atoms with E-state index in [0.717, 1.165) is 11.7 Å². The number of nitrogens with zero attached hydrogens (tertiary/aromatic N) is 2. The number of aromatic nitrogens is 1. The van der Waals surface area contributed by atoms with Gasteiger partial charge in [0.1, 0.15) is 5.82 Å². The van der Waals surface area contributed by atoms with Crippen molar-refractivity contribution in [1.29, 1.82) is 0 Å². The summed E-state index contributed by atoms with van der Waals surface area (Å²) in [6.45, 7) is 0. The van der Waals surface area contributed by atoms with Gasteiger partial charge in [-0.15, -0.1) is 11.8 Å². The molecule has 3 heteroatoms. The predicted octanol–water partition coefficient (Wildman–Crippen LogP) is 2.06. The standard InChI is InChI=1S/C8H8N2S/c1-2-4-9-8(3-1)10-5-6-11-7-10/h1-6H,7H2. The third kappa shape index (κ3) is 1.38. The van der Waals surface area contributed by atoms with Crippen molar-refractivity contribution in [2.45, 2.75) is 0 Å². The van der Waals surface area contributed by atoms with E-state index in [1.165, 1.54) is 0 Å². The van der Waals surface area contributed by atoms with Gasteiger partial charge < -0.3 is 4.90 Å². The van der Waals surface area contributed by atoms with Gasteiger partial charge in [0.15, 0.2) is 0 Å². The third-order valence-corrected chi connectivity index (χ3v) is 2.24. The fraction of sp³-hybridized carbons (Fsp3) is 0.125. The lowest BCUT2D eigenvalue weighted by Gasteiger charge is -2.11. The highest BCUT2D eigenvalue weighted by atomic mass is 32.2. The molecule has 0 unspecified atom stereocenters. The molecule has 0 aromatic carbocycles. The normalized spacial score (nSPS) is 15.8. The van der Waals surface area contributed by atoms with E-state index in [4.69, 9.17) is 0 Å². The molecule has 11 heavy (non-hydrogen) atoms. The van der Waals surface area contributed by atoms with Crippen molar-refractivity contribution in [3.63, 3.8) is 0 Å². The second-order valence-electron chi connectivity index (χ2n) is 2.24. The molecule has 0 saturated carbocycles. The summed E-state index contributed by atoms with van der Waals surface area (Å²) in [4.78, 5) is 6.34. The molecular weight excluding hydrogens is 156 g/mol. The number of thioether (sulfide) groups is 1. The van der Waals surface area contributed by atoms with Crippen molar-refractivity contribution in [3.05, 3.63) is 36.0 Å². The van der Waals surface area contributed by atoms with Crippen LogP contribution in [0.2, 0.25) is 0 Å². The van der Waals surface area contributed by atoms with E-state index in [-0.39, 0.29) is 0 Å². The molecule has 0 spiro atoms. The zero-order valence-corrected chi connectivity index (χ0v) is 6.79. The molecule has 1 aromatic rings. The van der Waals surface area contributed by atoms with Crippen LogP contribution in [-0.2, 0) is 0 Å². The first-order valence-corrected chi connectivity index (χ1v) is 4.47. The quantitative estimate of drug-likeness (QED) is 0.632. The molecule has 0 atom stereocenters. The molecule has 0 N–H and O–H groups in total. The van der Waals surface area contributed by atoms with Crippen molar-refractivity contribution in [3.8, 4) is 0 Å². The lowest BCUT2D eigenvalue weighted by atomic mass is 10.4. The van der Waals surface area contributed by atoms with Gasteiger partial charge in [-0.25, -0.2) is 4.98 Å². The first kappa shape index (κ1) is 6.73. The van der Waals surface area contributed by atoms with Crippen LogP contribution in [0.15, 0.2) is 36.0 Å². The first-order chi connectivity index (χ1) is 5.47. The summed E-state index contributed by atoms with van der Waals surface area (Å²) in [5, 5.41) is 2.08. The van der Waals surface area contributed by atoms with E-state index in [2.05, 4.69) is 15.3 Å². The van der Waals surface area contributed by atoms with E-state index < -0.39 is 0 Å². The fourth-order valence-corrected chi connectivity index (χ4v) is 1.65. The minimum atomic E-state index is 0.983. The number of anilines is 1. The van der Waals surface area contributed by atoms with Gasteiger partial charge in [-0.1, -0.05) is 6.07 Å². The summed E-state index contributed by atoms with van der Waals surface area (Å²) >= 11 is 1.78. The molecule has 2 rings (SSSR count). The maximum absolute atomic E-state index is 4.22. The van der Waals surface area contributed by atoms with Gasteiger partial charge in [0.05, 0.1) is 5.88 Å². The molecule has 2 nitrogen and oxygen atoms in total. The predicted molar refractivity (Wildman–Crippen MR) is 48.3 cm³/mol. The Morgan fingerprint density at radius 3 is 3.09 bits per heavy atom. The summed E-state index contributed by atoms with van der Waals surface area (Å²) in [5.74, 6) is 2.01. The van der Waals surface area contributed by atoms with E-state index >= 15 is 0 Å². The Hall–Kier alpha value is -0.960. The minimum Gasteiger partial charge on any atom is -0.322 e. The van der Waals surface area contributed by atoms with Gasteiger partial charge in [0.25, 0.3) is 0 Å². The van der Waals surface area contributed by atoms with Crippen LogP contribution >= 0.6 is 11.8 Å². The zero-order valence-electron chi connectivity index (χ0n) is 5.97. The lowest BCUT2D eigenvalue weighted by Crippen LogP contribution is -2.11. The van der Waals surface area contributed by atoms with Gasteiger partial charge in [-0.05, 0) is 17.5 Å². The summed E-state index contributed by atoms with van der Waals surface area (Å²) in [5.41, 5.74) is 0. The van der Waals surface area contributed by atoms with Crippen LogP contribution in [0.5, 0.6) is 0 Å². The largest absolute Gasteiger partial charge is 0.322 e. The second-order valence-corrected chi connectivity index (χ2v) is 3.10. The Balaban J connectivity index is 2.23. The average Bonchev–Trinajstić information content (AvgIpc) is 2.58. The number of pyridine rings is 1. The number of rotatable bonds is 1. The van der Waals surface area contributed by atoms with Crippen molar-refractivity contribution in [2.75, 3.05) is 10.8 Å². The van der Waals surface area contributed by atoms with Crippen LogP contribution in [0.25, 0.3) is 0 Å². The van der Waals surface area contributed by atoms with Crippen molar-refractivity contribution >= 4 is 17.6 Å². The summed E-state index contributed by atoms with van der Waals surface area (Å²) < 4.78 is 0. The fourth-order valence-electron chi connectivity index (χ4n) is 0.949. The second kappa shape index (κ2) is 2.96. The highest BCUT2D eigenvalue weighted by Gasteiger charge is 2.06. The van der Waals surface area contributed by atoms with Crippen LogP contribution in [-0.4, -0.2) is 10.9 Å². The number of hydrogen-bond donors (Lipinski definition) is 0. The van der Waals surface area contributed by atoms with Crippen LogP contribution < -0.4 is 4.90 Å². The summed E-state index contributed by atoms with van der Waals surface area (Å²) in [7, 11) is 0. The number of hydrogen-bond acceptors (Lipinski definition) is 3. The van der Waals surface area contributed by atoms with Crippen molar-refractivity contribution in [1.82, 2.24) is 4.98 Å². The molecule has 1 aliphatic rings. The molecule has 0 aliphatic carbocycles. The van der Waals surface area contributed by atoms with E-state index in [1.807, 2.05) is 30.6 Å². The Bertz CT molecular complexity index is 258. The summed E-state index contributed by atoms with van der Waals surface area (Å²) in [6, 6.07) is 5.94. The zero-order chi connectivity index (χ0) is 7.52. The Kier molecular flexibility index (Phi) is 1.81. The van der Waals surface area contributed by atoms with Gasteiger partial charge in [0, 0.05) is 12.4 Å². The molecule has 0 radical (unpaired) electrons. The third-order valence-electron chi connectivity index (χ3n) is 1.49. The molecule has 56 valence electrons. The minimum absolute atomic E-state index is 0.983.